The minimum Gasteiger partial charge on any atom is -0.130 e. The molecule has 0 nitrogen and oxygen atoms in total. The molecule has 2 atom stereocenters. The third kappa shape index (κ3) is 4.16. The van der Waals surface area contributed by atoms with Crippen molar-refractivity contribution in [3.63, 3.8) is 0 Å². The zero-order valence-electron chi connectivity index (χ0n) is 20.0. The van der Waals surface area contributed by atoms with Crippen LogP contribution in [0.4, 0.5) is 0 Å². The van der Waals surface area contributed by atoms with Gasteiger partial charge in [0.25, 0.3) is 0 Å². The molecule has 0 aliphatic heterocycles. The minimum atomic E-state index is 0. The third-order valence-electron chi connectivity index (χ3n) is 7.46. The van der Waals surface area contributed by atoms with Gasteiger partial charge in [0, 0.05) is 44.1 Å². The van der Waals surface area contributed by atoms with Crippen LogP contribution in [0.1, 0.15) is 43.2 Å². The van der Waals surface area contributed by atoms with Gasteiger partial charge in [-0.15, -0.1) is 11.6 Å². The standard InChI is InChI=1S/C31H28.CH3Cl.Hf/c1-2-3-12-29(30-25-17-8-4-13-21(25)22-14-5-9-18-26(22)30)31-27-19-10-6-15-23(27)24-16-7-11-20-28(24)31;1-2;/h4-11,13-20,25,29,31H,2-3,12H2,1H3;1H3;. The second kappa shape index (κ2) is 11.2. The zero-order chi connectivity index (χ0) is 22.8. The molecule has 0 radical (unpaired) electrons. The van der Waals surface area contributed by atoms with Crippen molar-refractivity contribution in [2.45, 2.75) is 32.1 Å². The van der Waals surface area contributed by atoms with E-state index in [2.05, 4.69) is 116 Å². The van der Waals surface area contributed by atoms with Crippen LogP contribution >= 0.6 is 11.6 Å². The summed E-state index contributed by atoms with van der Waals surface area (Å²) in [7, 11) is 0. The molecule has 0 saturated heterocycles. The Hall–Kier alpha value is -1.96. The topological polar surface area (TPSA) is 0 Å². The molecular formula is C32H31ClHf. The Bertz CT molecular complexity index is 1300. The number of unbranched alkanes of at least 4 members (excludes halogenated alkanes) is 1. The summed E-state index contributed by atoms with van der Waals surface area (Å²) >= 11 is 4.64. The fraction of sp³-hybridized carbons (Fsp3) is 0.250. The van der Waals surface area contributed by atoms with Crippen molar-refractivity contribution in [3.05, 3.63) is 119 Å². The van der Waals surface area contributed by atoms with Crippen LogP contribution < -0.4 is 10.4 Å². The van der Waals surface area contributed by atoms with E-state index in [1.165, 1.54) is 63.9 Å². The maximum Gasteiger partial charge on any atom is 0.0249 e. The van der Waals surface area contributed by atoms with E-state index >= 15 is 0 Å². The number of rotatable bonds is 5. The van der Waals surface area contributed by atoms with Gasteiger partial charge >= 0.3 is 0 Å². The average molecular weight is 630 g/mol. The Balaban J connectivity index is 0.000000890. The van der Waals surface area contributed by atoms with Crippen LogP contribution in [-0.2, 0) is 25.8 Å². The van der Waals surface area contributed by atoms with E-state index in [4.69, 9.17) is 0 Å². The number of alkyl halides is 1. The van der Waals surface area contributed by atoms with Crippen LogP contribution in [0.5, 0.6) is 0 Å². The summed E-state index contributed by atoms with van der Waals surface area (Å²) in [6.07, 6.45) is 14.4. The summed E-state index contributed by atoms with van der Waals surface area (Å²) < 4.78 is 0. The fourth-order valence-corrected chi connectivity index (χ4v) is 6.21. The molecule has 0 fully saturated rings. The minimum absolute atomic E-state index is 0. The maximum absolute atomic E-state index is 4.64. The molecular weight excluding hydrogens is 598 g/mol. The van der Waals surface area contributed by atoms with Gasteiger partial charge in [-0.2, -0.15) is 0 Å². The Labute approximate surface area is 227 Å². The summed E-state index contributed by atoms with van der Waals surface area (Å²) in [4.78, 5) is 0. The molecule has 0 bridgehead atoms. The van der Waals surface area contributed by atoms with Crippen LogP contribution in [0.3, 0.4) is 0 Å². The molecule has 0 amide bonds. The van der Waals surface area contributed by atoms with Gasteiger partial charge < -0.3 is 0 Å². The molecule has 0 heterocycles. The third-order valence-corrected chi connectivity index (χ3v) is 7.46. The van der Waals surface area contributed by atoms with Crippen LogP contribution in [0.15, 0.2) is 97.1 Å². The molecule has 170 valence electrons. The van der Waals surface area contributed by atoms with Gasteiger partial charge in [0.15, 0.2) is 0 Å². The molecule has 0 spiro atoms. The second-order valence-electron chi connectivity index (χ2n) is 9.08. The molecule has 0 saturated carbocycles. The van der Waals surface area contributed by atoms with Gasteiger partial charge in [0.1, 0.15) is 0 Å². The van der Waals surface area contributed by atoms with Crippen LogP contribution in [0, 0.1) is 11.8 Å². The molecule has 3 aromatic rings. The van der Waals surface area contributed by atoms with Crippen molar-refractivity contribution >= 4 is 22.7 Å². The first-order valence-corrected chi connectivity index (χ1v) is 12.9. The number of halogens is 1. The van der Waals surface area contributed by atoms with E-state index in [9.17, 15) is 0 Å². The molecule has 6 rings (SSSR count). The quantitative estimate of drug-likeness (QED) is 0.207. The van der Waals surface area contributed by atoms with Crippen LogP contribution in [-0.4, -0.2) is 6.38 Å². The molecule has 3 aromatic carbocycles. The maximum atomic E-state index is 4.64. The van der Waals surface area contributed by atoms with Gasteiger partial charge in [-0.25, -0.2) is 0 Å². The Morgan fingerprint density at radius 1 is 0.765 bits per heavy atom. The number of allylic oxidation sites excluding steroid dienone is 4. The first-order chi connectivity index (χ1) is 16.4. The summed E-state index contributed by atoms with van der Waals surface area (Å²) in [5, 5.41) is 2.91. The van der Waals surface area contributed by atoms with Crippen molar-refractivity contribution < 1.29 is 25.8 Å². The fourth-order valence-electron chi connectivity index (χ4n) is 6.21. The Morgan fingerprint density at radius 3 is 2.00 bits per heavy atom. The normalized spacial score (nSPS) is 17.7. The van der Waals surface area contributed by atoms with E-state index in [-0.39, 0.29) is 25.8 Å². The van der Waals surface area contributed by atoms with Crippen molar-refractivity contribution in [1.29, 1.82) is 0 Å². The summed E-state index contributed by atoms with van der Waals surface area (Å²) in [6.45, 7) is 2.32. The van der Waals surface area contributed by atoms with E-state index in [0.717, 1.165) is 0 Å². The summed E-state index contributed by atoms with van der Waals surface area (Å²) in [5.41, 5.74) is 9.00. The van der Waals surface area contributed by atoms with Gasteiger partial charge in [-0.05, 0) is 56.2 Å². The van der Waals surface area contributed by atoms with E-state index in [0.29, 0.717) is 17.8 Å². The van der Waals surface area contributed by atoms with Crippen molar-refractivity contribution in [1.82, 2.24) is 0 Å². The van der Waals surface area contributed by atoms with E-state index < -0.39 is 0 Å². The van der Waals surface area contributed by atoms with Crippen LogP contribution in [0.2, 0.25) is 0 Å². The first kappa shape index (κ1) is 25.1. The largest absolute Gasteiger partial charge is 0.130 e. The molecule has 2 heteroatoms. The molecule has 3 aliphatic rings. The smallest absolute Gasteiger partial charge is 0.0249 e. The molecule has 2 unspecified atom stereocenters. The predicted molar refractivity (Wildman–Crippen MR) is 143 cm³/mol. The van der Waals surface area contributed by atoms with Gasteiger partial charge in [-0.3, -0.25) is 0 Å². The molecule has 34 heavy (non-hydrogen) atoms. The number of hydrogen-bond acceptors (Lipinski definition) is 0. The van der Waals surface area contributed by atoms with Gasteiger partial charge in [0.2, 0.25) is 0 Å². The predicted octanol–water partition coefficient (Wildman–Crippen LogP) is 7.22. The summed E-state index contributed by atoms with van der Waals surface area (Å²) in [6, 6.07) is 27.3. The number of hydrogen-bond donors (Lipinski definition) is 0. The average Bonchev–Trinajstić information content (AvgIpc) is 3.40. The molecule has 0 N–H and O–H groups in total. The monoisotopic (exact) mass is 630 g/mol. The Morgan fingerprint density at radius 2 is 1.35 bits per heavy atom. The van der Waals surface area contributed by atoms with Gasteiger partial charge in [0.05, 0.1) is 0 Å². The summed E-state index contributed by atoms with van der Waals surface area (Å²) in [5.74, 6) is 1.34. The van der Waals surface area contributed by atoms with Crippen molar-refractivity contribution in [2.24, 2.45) is 11.8 Å². The number of fused-ring (bicyclic) bond motifs is 5. The van der Waals surface area contributed by atoms with Crippen LogP contribution in [0.25, 0.3) is 22.3 Å². The van der Waals surface area contributed by atoms with E-state index in [1.54, 1.807) is 5.57 Å². The molecule has 3 aliphatic carbocycles. The molecule has 0 aromatic heterocycles. The van der Waals surface area contributed by atoms with Crippen molar-refractivity contribution in [2.75, 3.05) is 6.38 Å². The first-order valence-electron chi connectivity index (χ1n) is 12.1. The second-order valence-corrected chi connectivity index (χ2v) is 9.08. The SMILES string of the molecule is CCCCC(C1=c2ccccc2=C2C=CC=CC21)C1c2ccccc2-c2ccccc21.CCl.[Hf]. The Kier molecular flexibility index (Phi) is 8.27. The zero-order valence-corrected chi connectivity index (χ0v) is 24.3. The van der Waals surface area contributed by atoms with E-state index in [1.807, 2.05) is 0 Å². The number of benzene rings is 3. The van der Waals surface area contributed by atoms with Gasteiger partial charge in [-0.1, -0.05) is 117 Å². The van der Waals surface area contributed by atoms with Crippen molar-refractivity contribution in [3.8, 4) is 11.1 Å².